The molecule has 18 nitrogen and oxygen atoms in total. The van der Waals surface area contributed by atoms with Gasteiger partial charge in [0, 0.05) is 5.38 Å². The highest BCUT2D eigenvalue weighted by Gasteiger charge is 2.55. The average Bonchev–Trinajstić information content (AvgIpc) is 3.17. The van der Waals surface area contributed by atoms with Gasteiger partial charge in [-0.1, -0.05) is 18.1 Å². The number of hydrogen-bond acceptors (Lipinski definition) is 13. The van der Waals surface area contributed by atoms with Crippen LogP contribution in [0.1, 0.15) is 6.23 Å². The molecule has 2 aromatic heterocycles. The summed E-state index contributed by atoms with van der Waals surface area (Å²) in [6.45, 7) is -1.01. The summed E-state index contributed by atoms with van der Waals surface area (Å²) < 4.78 is 52.9. The van der Waals surface area contributed by atoms with Crippen molar-refractivity contribution in [3.63, 3.8) is 0 Å². The Kier molecular flexibility index (Phi) is 7.98. The number of rotatable bonds is 8. The van der Waals surface area contributed by atoms with Gasteiger partial charge >= 0.3 is 23.5 Å². The lowest BCUT2D eigenvalue weighted by molar-refractivity contribution is -0.0438. The van der Waals surface area contributed by atoms with Crippen LogP contribution in [0.25, 0.3) is 11.2 Å². The summed E-state index contributed by atoms with van der Waals surface area (Å²) in [4.78, 5) is 46.7. The molecule has 35 heavy (non-hydrogen) atoms. The summed E-state index contributed by atoms with van der Waals surface area (Å²) in [5, 5.41) is 12.7. The van der Waals surface area contributed by atoms with Crippen molar-refractivity contribution in [2.45, 2.75) is 24.0 Å². The van der Waals surface area contributed by atoms with Crippen LogP contribution in [0.2, 0.25) is 0 Å². The number of halogens is 1. The van der Waals surface area contributed by atoms with Crippen LogP contribution in [-0.4, -0.2) is 68.6 Å². The van der Waals surface area contributed by atoms with Gasteiger partial charge in [-0.15, -0.1) is 0 Å². The predicted molar refractivity (Wildman–Crippen MR) is 117 cm³/mol. The van der Waals surface area contributed by atoms with Crippen LogP contribution in [0.15, 0.2) is 6.33 Å². The molecule has 1 aliphatic rings. The maximum Gasteiger partial charge on any atom is 0.490 e. The lowest BCUT2D eigenvalue weighted by Crippen LogP contribution is -2.53. The minimum Gasteiger partial charge on any atom is -0.387 e. The molecule has 10 N–H and O–H groups in total. The largest absolute Gasteiger partial charge is 0.490 e. The molecular weight excluding hydrogens is 581 g/mol. The summed E-state index contributed by atoms with van der Waals surface area (Å²) in [6.07, 6.45) is -3.51. The van der Waals surface area contributed by atoms with Gasteiger partial charge in [-0.25, -0.2) is 18.7 Å². The molecule has 1 fully saturated rings. The molecule has 6 atom stereocenters. The number of ether oxygens (including phenoxy) is 1. The third kappa shape index (κ3) is 6.35. The summed E-state index contributed by atoms with van der Waals surface area (Å²) >= 11 is 10.6. The van der Waals surface area contributed by atoms with Crippen LogP contribution in [-0.2, 0) is 31.6 Å². The van der Waals surface area contributed by atoms with E-state index in [1.165, 1.54) is 10.9 Å². The molecule has 194 valence electrons. The van der Waals surface area contributed by atoms with Crippen molar-refractivity contribution < 1.29 is 56.3 Å². The van der Waals surface area contributed by atoms with Gasteiger partial charge in [-0.3, -0.25) is 9.09 Å². The SMILES string of the molecule is Nc1nc2c(ncn2[C@@H]2O[C@H](COP(=O)(O)OP(=O)(O)OP(=O)(O)O)[C@H](O)C2(N)C#CCl)c(=S)[nH]1. The monoisotopic (exact) mass is 596 g/mol. The highest BCUT2D eigenvalue weighted by Crippen LogP contribution is 2.66. The predicted octanol–water partition coefficient (Wildman–Crippen LogP) is -0.430. The standard InChI is InChI=1S/C12H16ClN6O12P3S/c13-2-1-12(15)7(20)5(3-28-33(24,25)31-34(26,27)30-32(21,22)23)29-10(12)19-4-16-6-8(19)17-11(14)18-9(6)35/h4-5,7,10,20H,3,15H2,(H,24,25)(H,26,27)(H2,21,22,23)(H3,14,17,18,35)/t5-,7+,10-,12?/m1/s1. The second kappa shape index (κ2) is 9.88. The van der Waals surface area contributed by atoms with Crippen molar-refractivity contribution in [1.82, 2.24) is 19.5 Å². The van der Waals surface area contributed by atoms with Gasteiger partial charge < -0.3 is 45.9 Å². The third-order valence-corrected chi connectivity index (χ3v) is 8.53. The number of phosphoric acid groups is 3. The quantitative estimate of drug-likeness (QED) is 0.109. The molecular formula is C12H16ClN6O12P3S. The fourth-order valence-electron chi connectivity index (χ4n) is 3.04. The number of aromatic amines is 1. The van der Waals surface area contributed by atoms with Crippen molar-refractivity contribution in [2.75, 3.05) is 12.3 Å². The van der Waals surface area contributed by atoms with E-state index in [0.29, 0.717) is 0 Å². The first-order valence-electron chi connectivity index (χ1n) is 8.74. The lowest BCUT2D eigenvalue weighted by atomic mass is 9.92. The highest BCUT2D eigenvalue weighted by molar-refractivity contribution is 7.71. The van der Waals surface area contributed by atoms with Crippen LogP contribution >= 0.6 is 47.3 Å². The van der Waals surface area contributed by atoms with Gasteiger partial charge in [-0.05, 0) is 11.6 Å². The molecule has 1 aliphatic heterocycles. The first kappa shape index (κ1) is 28.3. The number of nitrogen functional groups attached to an aromatic ring is 1. The molecule has 2 aromatic rings. The molecule has 3 rings (SSSR count). The number of phosphoric ester groups is 1. The first-order chi connectivity index (χ1) is 16.0. The number of aromatic nitrogens is 4. The number of nitrogens with zero attached hydrogens (tertiary/aromatic N) is 3. The van der Waals surface area contributed by atoms with E-state index in [-0.39, 0.29) is 21.8 Å². The number of aliphatic hydroxyl groups is 1. The smallest absolute Gasteiger partial charge is 0.387 e. The van der Waals surface area contributed by atoms with Gasteiger partial charge in [0.05, 0.1) is 12.9 Å². The Balaban J connectivity index is 1.87. The Hall–Kier alpha value is -1.29. The topological polar surface area (TPSA) is 288 Å². The summed E-state index contributed by atoms with van der Waals surface area (Å²) in [7, 11) is -16.8. The zero-order valence-corrected chi connectivity index (χ0v) is 21.0. The van der Waals surface area contributed by atoms with E-state index in [9.17, 15) is 28.6 Å². The summed E-state index contributed by atoms with van der Waals surface area (Å²) in [6, 6.07) is 0. The van der Waals surface area contributed by atoms with E-state index in [2.05, 4.69) is 34.0 Å². The molecule has 0 spiro atoms. The highest BCUT2D eigenvalue weighted by atomic mass is 35.5. The van der Waals surface area contributed by atoms with E-state index in [1.54, 1.807) is 0 Å². The van der Waals surface area contributed by atoms with Crippen molar-refractivity contribution in [3.05, 3.63) is 11.0 Å². The van der Waals surface area contributed by atoms with Crippen LogP contribution in [0.4, 0.5) is 5.95 Å². The Morgan fingerprint density at radius 2 is 1.94 bits per heavy atom. The molecule has 0 aromatic carbocycles. The van der Waals surface area contributed by atoms with E-state index in [0.717, 1.165) is 0 Å². The third-order valence-electron chi connectivity index (χ3n) is 4.34. The molecule has 0 bridgehead atoms. The van der Waals surface area contributed by atoms with Crippen LogP contribution < -0.4 is 11.5 Å². The minimum absolute atomic E-state index is 0.0724. The first-order valence-corrected chi connectivity index (χ1v) is 14.0. The van der Waals surface area contributed by atoms with Crippen LogP contribution in [0.5, 0.6) is 0 Å². The normalized spacial score (nSPS) is 28.3. The fourth-order valence-corrected chi connectivity index (χ4v) is 6.48. The van der Waals surface area contributed by atoms with Gasteiger partial charge in [0.2, 0.25) is 5.95 Å². The second-order valence-corrected chi connectivity index (χ2v) is 11.8. The Bertz CT molecular complexity index is 1400. The second-order valence-electron chi connectivity index (χ2n) is 6.79. The van der Waals surface area contributed by atoms with E-state index < -0.39 is 54.0 Å². The number of H-pyrrole nitrogens is 1. The Morgan fingerprint density at radius 1 is 1.29 bits per heavy atom. The zero-order chi connectivity index (χ0) is 26.4. The van der Waals surface area contributed by atoms with E-state index in [4.69, 9.17) is 49.8 Å². The van der Waals surface area contributed by atoms with Gasteiger partial charge in [0.15, 0.2) is 17.4 Å². The molecule has 23 heteroatoms. The fraction of sp³-hybridized carbons (Fsp3) is 0.417. The van der Waals surface area contributed by atoms with Crippen molar-refractivity contribution in [3.8, 4) is 11.3 Å². The number of fused-ring (bicyclic) bond motifs is 1. The molecule has 0 amide bonds. The number of aliphatic hydroxyl groups excluding tert-OH is 1. The van der Waals surface area contributed by atoms with Crippen molar-refractivity contribution in [2.24, 2.45) is 5.73 Å². The summed E-state index contributed by atoms with van der Waals surface area (Å²) in [5.41, 5.74) is 10.2. The van der Waals surface area contributed by atoms with Crippen molar-refractivity contribution in [1.29, 1.82) is 0 Å². The number of nitrogens with two attached hydrogens (primary N) is 2. The number of nitrogens with one attached hydrogen (secondary N) is 1. The maximum absolute atomic E-state index is 12.0. The Morgan fingerprint density at radius 3 is 2.54 bits per heavy atom. The zero-order valence-electron chi connectivity index (χ0n) is 16.7. The lowest BCUT2D eigenvalue weighted by Gasteiger charge is -2.27. The molecule has 3 heterocycles. The maximum atomic E-state index is 12.0. The van der Waals surface area contributed by atoms with Gasteiger partial charge in [0.1, 0.15) is 22.4 Å². The molecule has 1 saturated heterocycles. The number of hydrogen-bond donors (Lipinski definition) is 8. The summed E-state index contributed by atoms with van der Waals surface area (Å²) in [5.74, 6) is 2.28. The van der Waals surface area contributed by atoms with Gasteiger partial charge in [-0.2, -0.15) is 13.6 Å². The number of imidazole rings is 1. The molecule has 3 unspecified atom stereocenters. The minimum atomic E-state index is -5.75. The molecule has 0 aliphatic carbocycles. The van der Waals surface area contributed by atoms with Crippen molar-refractivity contribution >= 4 is 64.4 Å². The van der Waals surface area contributed by atoms with E-state index >= 15 is 0 Å². The van der Waals surface area contributed by atoms with Gasteiger partial charge in [0.25, 0.3) is 0 Å². The molecule has 0 radical (unpaired) electrons. The van der Waals surface area contributed by atoms with Crippen LogP contribution in [0, 0.1) is 15.9 Å². The van der Waals surface area contributed by atoms with E-state index in [1.807, 2.05) is 5.38 Å². The number of anilines is 1. The average molecular weight is 597 g/mol. The molecule has 0 saturated carbocycles. The van der Waals surface area contributed by atoms with Crippen LogP contribution in [0.3, 0.4) is 0 Å². The Labute approximate surface area is 204 Å².